The molecular weight excluding hydrogens is 384 g/mol. The van der Waals surface area contributed by atoms with Crippen LogP contribution in [-0.4, -0.2) is 17.0 Å². The van der Waals surface area contributed by atoms with Gasteiger partial charge in [-0.15, -0.1) is 0 Å². The molecule has 4 nitrogen and oxygen atoms in total. The number of ether oxygens (including phenoxy) is 2. The van der Waals surface area contributed by atoms with Gasteiger partial charge < -0.3 is 9.47 Å². The molecule has 1 aliphatic carbocycles. The number of nitrogens with zero attached hydrogens (tertiary/aromatic N) is 2. The molecule has 6 rings (SSSR count). The maximum absolute atomic E-state index is 6.22. The van der Waals surface area contributed by atoms with Crippen molar-refractivity contribution in [3.63, 3.8) is 0 Å². The zero-order valence-electron chi connectivity index (χ0n) is 16.8. The van der Waals surface area contributed by atoms with Gasteiger partial charge in [-0.1, -0.05) is 48.5 Å². The molecule has 4 aromatic rings. The van der Waals surface area contributed by atoms with E-state index < -0.39 is 0 Å². The Morgan fingerprint density at radius 1 is 0.774 bits per heavy atom. The van der Waals surface area contributed by atoms with Crippen LogP contribution in [0.4, 0.5) is 0 Å². The lowest BCUT2D eigenvalue weighted by Gasteiger charge is -2.11. The molecule has 0 unspecified atom stereocenters. The molecule has 1 aromatic heterocycles. The first-order chi connectivity index (χ1) is 15.3. The molecule has 2 heterocycles. The van der Waals surface area contributed by atoms with Crippen molar-refractivity contribution in [1.82, 2.24) is 4.98 Å². The van der Waals surface area contributed by atoms with Gasteiger partial charge >= 0.3 is 0 Å². The Bertz CT molecular complexity index is 1280. The molecule has 0 saturated carbocycles. The predicted molar refractivity (Wildman–Crippen MR) is 120 cm³/mol. The van der Waals surface area contributed by atoms with Crippen LogP contribution in [0.15, 0.2) is 102 Å². The van der Waals surface area contributed by atoms with E-state index in [1.807, 2.05) is 66.7 Å². The van der Waals surface area contributed by atoms with Crippen LogP contribution in [-0.2, 0) is 11.2 Å². The summed E-state index contributed by atoms with van der Waals surface area (Å²) in [6, 6.07) is 30.3. The number of hydrogen-bond acceptors (Lipinski definition) is 4. The molecule has 0 saturated heterocycles. The SMILES string of the molecule is c1ccc(-c2cccc(Oc3cccc(C4=N[C@@H]5c6ccccc6C[C@@H]5O4)c3)c2)nc1. The van der Waals surface area contributed by atoms with Crippen LogP contribution >= 0.6 is 0 Å². The first kappa shape index (κ1) is 17.9. The average Bonchev–Trinajstić information content (AvgIpc) is 3.38. The van der Waals surface area contributed by atoms with Crippen LogP contribution in [0.25, 0.3) is 11.3 Å². The van der Waals surface area contributed by atoms with Gasteiger partial charge in [0.15, 0.2) is 0 Å². The molecule has 0 bridgehead atoms. The number of aliphatic imine (C=N–C) groups is 1. The highest BCUT2D eigenvalue weighted by molar-refractivity contribution is 5.96. The fourth-order valence-corrected chi connectivity index (χ4v) is 4.32. The Hall–Kier alpha value is -3.92. The third kappa shape index (κ3) is 3.36. The second-order valence-electron chi connectivity index (χ2n) is 7.81. The number of hydrogen-bond donors (Lipinski definition) is 0. The molecular formula is C27H20N2O2. The molecule has 150 valence electrons. The quantitative estimate of drug-likeness (QED) is 0.420. The summed E-state index contributed by atoms with van der Waals surface area (Å²) in [5.74, 6) is 2.21. The van der Waals surface area contributed by atoms with E-state index in [0.29, 0.717) is 5.90 Å². The first-order valence-corrected chi connectivity index (χ1v) is 10.5. The van der Waals surface area contributed by atoms with Crippen LogP contribution in [0.5, 0.6) is 11.5 Å². The van der Waals surface area contributed by atoms with Gasteiger partial charge in [-0.3, -0.25) is 4.98 Å². The Labute approximate surface area is 180 Å². The molecule has 0 spiro atoms. The zero-order valence-corrected chi connectivity index (χ0v) is 16.8. The van der Waals surface area contributed by atoms with Gasteiger partial charge in [-0.2, -0.15) is 0 Å². The second kappa shape index (κ2) is 7.40. The molecule has 4 heteroatoms. The van der Waals surface area contributed by atoms with Gasteiger partial charge in [0.25, 0.3) is 0 Å². The van der Waals surface area contributed by atoms with Crippen LogP contribution in [0.2, 0.25) is 0 Å². The fraction of sp³-hybridized carbons (Fsp3) is 0.111. The van der Waals surface area contributed by atoms with Crippen LogP contribution < -0.4 is 4.74 Å². The maximum Gasteiger partial charge on any atom is 0.217 e. The van der Waals surface area contributed by atoms with Gasteiger partial charge in [-0.25, -0.2) is 4.99 Å². The maximum atomic E-state index is 6.22. The van der Waals surface area contributed by atoms with Crippen LogP contribution in [0.3, 0.4) is 0 Å². The van der Waals surface area contributed by atoms with E-state index in [-0.39, 0.29) is 12.1 Å². The number of pyridine rings is 1. The Morgan fingerprint density at radius 3 is 2.39 bits per heavy atom. The summed E-state index contributed by atoms with van der Waals surface area (Å²) in [6.45, 7) is 0. The van der Waals surface area contributed by atoms with E-state index in [1.165, 1.54) is 11.1 Å². The normalized spacial score (nSPS) is 18.6. The predicted octanol–water partition coefficient (Wildman–Crippen LogP) is 5.98. The van der Waals surface area contributed by atoms with E-state index in [0.717, 1.165) is 34.7 Å². The number of aromatic nitrogens is 1. The summed E-state index contributed by atoms with van der Waals surface area (Å²) in [6.07, 6.45) is 2.79. The molecule has 3 aromatic carbocycles. The second-order valence-corrected chi connectivity index (χ2v) is 7.81. The Kier molecular flexibility index (Phi) is 4.27. The largest absolute Gasteiger partial charge is 0.471 e. The molecule has 2 atom stereocenters. The van der Waals surface area contributed by atoms with Crippen LogP contribution in [0.1, 0.15) is 22.7 Å². The molecule has 2 aliphatic rings. The molecule has 0 fully saturated rings. The van der Waals surface area contributed by atoms with Gasteiger partial charge in [-0.05, 0) is 53.6 Å². The van der Waals surface area contributed by atoms with E-state index in [2.05, 4.69) is 29.2 Å². The number of fused-ring (bicyclic) bond motifs is 3. The monoisotopic (exact) mass is 404 g/mol. The van der Waals surface area contributed by atoms with Gasteiger partial charge in [0.1, 0.15) is 23.6 Å². The summed E-state index contributed by atoms with van der Waals surface area (Å²) in [5.41, 5.74) is 5.49. The van der Waals surface area contributed by atoms with Crippen molar-refractivity contribution in [3.05, 3.63) is 114 Å². The summed E-state index contributed by atoms with van der Waals surface area (Å²) >= 11 is 0. The fourth-order valence-electron chi connectivity index (χ4n) is 4.32. The lowest BCUT2D eigenvalue weighted by atomic mass is 10.1. The van der Waals surface area contributed by atoms with Gasteiger partial charge in [0.2, 0.25) is 5.90 Å². The summed E-state index contributed by atoms with van der Waals surface area (Å²) in [7, 11) is 0. The zero-order chi connectivity index (χ0) is 20.6. The minimum absolute atomic E-state index is 0.0887. The highest BCUT2D eigenvalue weighted by Gasteiger charge is 2.39. The van der Waals surface area contributed by atoms with Crippen molar-refractivity contribution < 1.29 is 9.47 Å². The third-order valence-electron chi connectivity index (χ3n) is 5.78. The summed E-state index contributed by atoms with van der Waals surface area (Å²) in [4.78, 5) is 9.31. The van der Waals surface area contributed by atoms with Crippen molar-refractivity contribution >= 4 is 5.90 Å². The Morgan fingerprint density at radius 2 is 1.55 bits per heavy atom. The number of benzene rings is 3. The van der Waals surface area contributed by atoms with E-state index >= 15 is 0 Å². The van der Waals surface area contributed by atoms with Crippen molar-refractivity contribution in [3.8, 4) is 22.8 Å². The Balaban J connectivity index is 1.25. The van der Waals surface area contributed by atoms with E-state index in [9.17, 15) is 0 Å². The van der Waals surface area contributed by atoms with Gasteiger partial charge in [0, 0.05) is 23.7 Å². The molecule has 0 radical (unpaired) electrons. The molecule has 0 N–H and O–H groups in total. The van der Waals surface area contributed by atoms with E-state index in [1.54, 1.807) is 6.20 Å². The highest BCUT2D eigenvalue weighted by atomic mass is 16.5. The van der Waals surface area contributed by atoms with Gasteiger partial charge in [0.05, 0.1) is 5.69 Å². The van der Waals surface area contributed by atoms with Crippen LogP contribution in [0, 0.1) is 0 Å². The van der Waals surface area contributed by atoms with Crippen molar-refractivity contribution in [2.45, 2.75) is 18.6 Å². The average molecular weight is 404 g/mol. The summed E-state index contributed by atoms with van der Waals surface area (Å²) < 4.78 is 12.4. The number of rotatable bonds is 4. The van der Waals surface area contributed by atoms with Crippen molar-refractivity contribution in [2.24, 2.45) is 4.99 Å². The first-order valence-electron chi connectivity index (χ1n) is 10.5. The van der Waals surface area contributed by atoms with E-state index in [4.69, 9.17) is 14.5 Å². The van der Waals surface area contributed by atoms with Crippen molar-refractivity contribution in [1.29, 1.82) is 0 Å². The summed E-state index contributed by atoms with van der Waals surface area (Å²) in [5, 5.41) is 0. The third-order valence-corrected chi connectivity index (χ3v) is 5.78. The molecule has 31 heavy (non-hydrogen) atoms. The lowest BCUT2D eigenvalue weighted by Crippen LogP contribution is -2.13. The van der Waals surface area contributed by atoms with Crippen molar-refractivity contribution in [2.75, 3.05) is 0 Å². The minimum Gasteiger partial charge on any atom is -0.471 e. The standard InChI is InChI=1S/C27H20N2O2/c1-2-12-23-18(7-1)17-25-26(23)29-27(31-25)20-9-6-11-22(16-20)30-21-10-5-8-19(15-21)24-13-3-4-14-28-24/h1-16,25-26H,17H2/t25-,26+/m0/s1. The topological polar surface area (TPSA) is 43.7 Å². The minimum atomic E-state index is 0.0887. The highest BCUT2D eigenvalue weighted by Crippen LogP contribution is 2.41. The molecule has 1 aliphatic heterocycles. The lowest BCUT2D eigenvalue weighted by molar-refractivity contribution is 0.206. The molecule has 0 amide bonds. The smallest absolute Gasteiger partial charge is 0.217 e.